The summed E-state index contributed by atoms with van der Waals surface area (Å²) in [7, 11) is 0. The van der Waals surface area contributed by atoms with Gasteiger partial charge in [0.2, 0.25) is 5.91 Å². The molecule has 0 spiro atoms. The van der Waals surface area contributed by atoms with Gasteiger partial charge in [0.25, 0.3) is 0 Å². The van der Waals surface area contributed by atoms with Crippen LogP contribution in [0.25, 0.3) is 0 Å². The van der Waals surface area contributed by atoms with E-state index in [-0.39, 0.29) is 40.8 Å². The average Bonchev–Trinajstić information content (AvgIpc) is 2.65. The molecule has 0 aliphatic heterocycles. The number of benzene rings is 2. The zero-order chi connectivity index (χ0) is 20.4. The molecule has 1 aliphatic rings. The molecule has 0 fully saturated rings. The Bertz CT molecular complexity index is 981. The molecule has 0 saturated heterocycles. The highest BCUT2D eigenvalue weighted by Gasteiger charge is 2.31. The molecule has 2 aromatic rings. The molecule has 1 atom stereocenters. The number of ketones is 2. The van der Waals surface area contributed by atoms with Crippen LogP contribution in [-0.2, 0) is 9.59 Å². The third kappa shape index (κ3) is 3.57. The van der Waals surface area contributed by atoms with Gasteiger partial charge in [0.05, 0.1) is 17.8 Å². The minimum atomic E-state index is -1.04. The molecule has 0 bridgehead atoms. The molecule has 2 aromatic carbocycles. The minimum absolute atomic E-state index is 0.151. The van der Waals surface area contributed by atoms with Crippen LogP contribution in [0.3, 0.4) is 0 Å². The molecule has 3 N–H and O–H groups in total. The van der Waals surface area contributed by atoms with Crippen molar-refractivity contribution in [1.29, 1.82) is 0 Å². The number of carbonyl (C=O) groups excluding carboxylic acids is 3. The van der Waals surface area contributed by atoms with Crippen LogP contribution < -0.4 is 10.6 Å². The third-order valence-electron chi connectivity index (χ3n) is 4.64. The van der Waals surface area contributed by atoms with Crippen LogP contribution in [0.1, 0.15) is 45.7 Å². The van der Waals surface area contributed by atoms with Gasteiger partial charge in [-0.2, -0.15) is 0 Å². The van der Waals surface area contributed by atoms with Crippen molar-refractivity contribution >= 4 is 29.1 Å². The fraction of sp³-hybridized carbons (Fsp3) is 0.238. The number of nitrogens with one attached hydrogen (secondary N) is 2. The summed E-state index contributed by atoms with van der Waals surface area (Å²) in [6.07, 6.45) is 0. The van der Waals surface area contributed by atoms with Crippen LogP contribution in [0.15, 0.2) is 42.5 Å². The van der Waals surface area contributed by atoms with Crippen molar-refractivity contribution in [2.75, 3.05) is 11.9 Å². The Hall–Kier alpha value is -3.32. The number of rotatable bonds is 6. The SMILES string of the molecule is CC(C)C(NCC(=O)Nc1cccc2c1C(=O)c1ccccc1C2=O)C(=O)O. The van der Waals surface area contributed by atoms with Gasteiger partial charge in [0, 0.05) is 16.7 Å². The molecule has 1 amide bonds. The maximum Gasteiger partial charge on any atom is 0.320 e. The first-order valence-corrected chi connectivity index (χ1v) is 8.88. The van der Waals surface area contributed by atoms with Gasteiger partial charge in [-0.25, -0.2) is 0 Å². The molecule has 0 aromatic heterocycles. The van der Waals surface area contributed by atoms with Crippen molar-refractivity contribution < 1.29 is 24.3 Å². The van der Waals surface area contributed by atoms with Crippen molar-refractivity contribution in [2.24, 2.45) is 5.92 Å². The smallest absolute Gasteiger partial charge is 0.320 e. The fourth-order valence-electron chi connectivity index (χ4n) is 3.25. The molecule has 7 heteroatoms. The van der Waals surface area contributed by atoms with Crippen LogP contribution in [-0.4, -0.2) is 41.1 Å². The fourth-order valence-corrected chi connectivity index (χ4v) is 3.25. The first-order valence-electron chi connectivity index (χ1n) is 8.88. The molecular weight excluding hydrogens is 360 g/mol. The van der Waals surface area contributed by atoms with E-state index in [0.29, 0.717) is 11.1 Å². The Labute approximate surface area is 161 Å². The van der Waals surface area contributed by atoms with Gasteiger partial charge in [0.1, 0.15) is 6.04 Å². The maximum atomic E-state index is 12.9. The number of hydrogen-bond acceptors (Lipinski definition) is 5. The molecular formula is C21H20N2O5. The summed E-state index contributed by atoms with van der Waals surface area (Å²) < 4.78 is 0. The normalized spacial score (nSPS) is 13.7. The summed E-state index contributed by atoms with van der Waals surface area (Å²) in [6, 6.07) is 10.4. The van der Waals surface area contributed by atoms with Gasteiger partial charge in [-0.05, 0) is 12.0 Å². The standard InChI is InChI=1S/C21H20N2O5/c1-11(2)18(21(27)28)22-10-16(24)23-15-9-5-8-14-17(15)20(26)13-7-4-3-6-12(13)19(14)25/h3-9,11,18,22H,10H2,1-2H3,(H,23,24)(H,27,28). The molecule has 1 aliphatic carbocycles. The molecule has 144 valence electrons. The highest BCUT2D eigenvalue weighted by molar-refractivity contribution is 6.30. The predicted octanol–water partition coefficient (Wildman–Crippen LogP) is 2.10. The van der Waals surface area contributed by atoms with E-state index in [4.69, 9.17) is 0 Å². The van der Waals surface area contributed by atoms with Crippen LogP contribution in [0.2, 0.25) is 0 Å². The predicted molar refractivity (Wildman–Crippen MR) is 103 cm³/mol. The van der Waals surface area contributed by atoms with E-state index in [9.17, 15) is 24.3 Å². The number of carboxylic acid groups (broad SMARTS) is 1. The molecule has 0 saturated carbocycles. The second-order valence-corrected chi connectivity index (χ2v) is 6.92. The lowest BCUT2D eigenvalue weighted by Gasteiger charge is -2.21. The lowest BCUT2D eigenvalue weighted by atomic mass is 9.83. The van der Waals surface area contributed by atoms with Crippen LogP contribution in [0.5, 0.6) is 0 Å². The summed E-state index contributed by atoms with van der Waals surface area (Å²) >= 11 is 0. The largest absolute Gasteiger partial charge is 0.480 e. The van der Waals surface area contributed by atoms with Gasteiger partial charge in [0.15, 0.2) is 11.6 Å². The number of carbonyl (C=O) groups is 4. The van der Waals surface area contributed by atoms with E-state index in [1.54, 1.807) is 56.3 Å². The minimum Gasteiger partial charge on any atom is -0.480 e. The molecule has 0 radical (unpaired) electrons. The van der Waals surface area contributed by atoms with E-state index in [0.717, 1.165) is 0 Å². The molecule has 7 nitrogen and oxygen atoms in total. The number of hydrogen-bond donors (Lipinski definition) is 3. The Kier molecular flexibility index (Phi) is 5.37. The first kappa shape index (κ1) is 19.4. The van der Waals surface area contributed by atoms with Crippen molar-refractivity contribution in [1.82, 2.24) is 5.32 Å². The van der Waals surface area contributed by atoms with E-state index in [2.05, 4.69) is 10.6 Å². The van der Waals surface area contributed by atoms with Crippen molar-refractivity contribution in [3.8, 4) is 0 Å². The van der Waals surface area contributed by atoms with Crippen LogP contribution in [0, 0.1) is 5.92 Å². The Morgan fingerprint density at radius 2 is 1.54 bits per heavy atom. The summed E-state index contributed by atoms with van der Waals surface area (Å²) in [5.41, 5.74) is 1.25. The highest BCUT2D eigenvalue weighted by atomic mass is 16.4. The van der Waals surface area contributed by atoms with Crippen molar-refractivity contribution in [3.05, 3.63) is 64.7 Å². The zero-order valence-corrected chi connectivity index (χ0v) is 15.5. The molecule has 3 rings (SSSR count). The third-order valence-corrected chi connectivity index (χ3v) is 4.64. The van der Waals surface area contributed by atoms with E-state index >= 15 is 0 Å². The Balaban J connectivity index is 1.84. The molecule has 28 heavy (non-hydrogen) atoms. The lowest BCUT2D eigenvalue weighted by Crippen LogP contribution is -2.44. The second-order valence-electron chi connectivity index (χ2n) is 6.92. The summed E-state index contributed by atoms with van der Waals surface area (Å²) in [5, 5.41) is 14.5. The summed E-state index contributed by atoms with van der Waals surface area (Å²) in [6.45, 7) is 3.23. The number of amides is 1. The number of fused-ring (bicyclic) bond motifs is 2. The summed E-state index contributed by atoms with van der Waals surface area (Å²) in [4.78, 5) is 49.2. The summed E-state index contributed by atoms with van der Waals surface area (Å²) in [5.74, 6) is -2.35. The van der Waals surface area contributed by atoms with Crippen molar-refractivity contribution in [2.45, 2.75) is 19.9 Å². The highest BCUT2D eigenvalue weighted by Crippen LogP contribution is 2.31. The van der Waals surface area contributed by atoms with Crippen LogP contribution in [0.4, 0.5) is 5.69 Å². The maximum absolute atomic E-state index is 12.9. The first-order chi connectivity index (χ1) is 13.3. The number of carboxylic acids is 1. The second kappa shape index (κ2) is 7.74. The monoisotopic (exact) mass is 380 g/mol. The molecule has 0 heterocycles. The number of aliphatic carboxylic acids is 1. The van der Waals surface area contributed by atoms with E-state index in [1.807, 2.05) is 0 Å². The molecule has 1 unspecified atom stereocenters. The number of anilines is 1. The van der Waals surface area contributed by atoms with Gasteiger partial charge in [-0.3, -0.25) is 24.5 Å². The zero-order valence-electron chi connectivity index (χ0n) is 15.5. The van der Waals surface area contributed by atoms with Crippen LogP contribution >= 0.6 is 0 Å². The topological polar surface area (TPSA) is 113 Å². The average molecular weight is 380 g/mol. The van der Waals surface area contributed by atoms with E-state index < -0.39 is 17.9 Å². The van der Waals surface area contributed by atoms with Gasteiger partial charge in [-0.15, -0.1) is 0 Å². The van der Waals surface area contributed by atoms with Gasteiger partial charge >= 0.3 is 5.97 Å². The van der Waals surface area contributed by atoms with Gasteiger partial charge in [-0.1, -0.05) is 50.2 Å². The van der Waals surface area contributed by atoms with E-state index in [1.165, 1.54) is 0 Å². The van der Waals surface area contributed by atoms with Crippen molar-refractivity contribution in [3.63, 3.8) is 0 Å². The quantitative estimate of drug-likeness (QED) is 0.604. The Morgan fingerprint density at radius 1 is 0.929 bits per heavy atom. The van der Waals surface area contributed by atoms with Gasteiger partial charge < -0.3 is 10.4 Å². The Morgan fingerprint density at radius 3 is 2.14 bits per heavy atom. The lowest BCUT2D eigenvalue weighted by molar-refractivity contribution is -0.140.